The van der Waals surface area contributed by atoms with E-state index in [0.717, 1.165) is 5.57 Å². The lowest BCUT2D eigenvalue weighted by molar-refractivity contribution is 0.587. The molecule has 2 nitrogen and oxygen atoms in total. The quantitative estimate of drug-likeness (QED) is 0.529. The Hall–Kier alpha value is -1.09. The maximum atomic E-state index is 12.4. The van der Waals surface area contributed by atoms with Crippen molar-refractivity contribution >= 4 is 0 Å². The Kier molecular flexibility index (Phi) is 2.23. The van der Waals surface area contributed by atoms with Crippen molar-refractivity contribution < 1.29 is 4.39 Å². The van der Waals surface area contributed by atoms with E-state index in [2.05, 4.69) is 5.32 Å². The molecule has 0 spiro atoms. The van der Waals surface area contributed by atoms with Crippen LogP contribution in [-0.4, -0.2) is 6.54 Å². The van der Waals surface area contributed by atoms with Crippen LogP contribution in [0.1, 0.15) is 0 Å². The van der Waals surface area contributed by atoms with E-state index >= 15 is 0 Å². The highest BCUT2D eigenvalue weighted by molar-refractivity contribution is 5.28. The molecule has 3 heteroatoms. The van der Waals surface area contributed by atoms with E-state index in [4.69, 9.17) is 5.73 Å². The molecule has 0 radical (unpaired) electrons. The largest absolute Gasteiger partial charge is 0.339 e. The normalized spacial score (nSPS) is 17.0. The molecule has 0 fully saturated rings. The summed E-state index contributed by atoms with van der Waals surface area (Å²) in [5, 5.41) is 2.42. The van der Waals surface area contributed by atoms with Crippen LogP contribution in [0.15, 0.2) is 36.0 Å². The van der Waals surface area contributed by atoms with E-state index in [1.165, 1.54) is 12.3 Å². The van der Waals surface area contributed by atoms with Crippen molar-refractivity contribution in [3.63, 3.8) is 0 Å². The monoisotopic (exact) mass is 140 g/mol. The molecule has 0 unspecified atom stereocenters. The smallest absolute Gasteiger partial charge is 0.190 e. The third-order valence-corrected chi connectivity index (χ3v) is 1.20. The number of nitrogens with one attached hydrogen (secondary N) is 1. The predicted octanol–water partition coefficient (Wildman–Crippen LogP) is 0.799. The van der Waals surface area contributed by atoms with Crippen molar-refractivity contribution in [1.29, 1.82) is 0 Å². The Morgan fingerprint density at radius 2 is 2.30 bits per heavy atom. The Balaban J connectivity index is 2.75. The van der Waals surface area contributed by atoms with Gasteiger partial charge in [-0.3, -0.25) is 0 Å². The van der Waals surface area contributed by atoms with Gasteiger partial charge in [-0.1, -0.05) is 6.08 Å². The zero-order chi connectivity index (χ0) is 7.40. The van der Waals surface area contributed by atoms with Crippen LogP contribution in [0, 0.1) is 0 Å². The molecule has 1 aliphatic heterocycles. The minimum Gasteiger partial charge on any atom is -0.339 e. The highest BCUT2D eigenvalue weighted by Crippen LogP contribution is 2.01. The molecule has 10 heavy (non-hydrogen) atoms. The number of halogens is 1. The molecule has 0 aliphatic carbocycles. The van der Waals surface area contributed by atoms with Crippen LogP contribution in [-0.2, 0) is 0 Å². The zero-order valence-electron chi connectivity index (χ0n) is 5.47. The van der Waals surface area contributed by atoms with Crippen LogP contribution >= 0.6 is 0 Å². The molecule has 3 N–H and O–H groups in total. The van der Waals surface area contributed by atoms with E-state index in [1.54, 1.807) is 12.2 Å². The van der Waals surface area contributed by atoms with Gasteiger partial charge in [0.15, 0.2) is 5.95 Å². The van der Waals surface area contributed by atoms with Crippen molar-refractivity contribution in [3.8, 4) is 0 Å². The fraction of sp³-hybridized carbons (Fsp3) is 0.143. The SMILES string of the molecule is NCC1=CC=C(F)NC=C1. The number of rotatable bonds is 1. The molecule has 1 aliphatic rings. The van der Waals surface area contributed by atoms with E-state index in [0.29, 0.717) is 6.54 Å². The van der Waals surface area contributed by atoms with Gasteiger partial charge < -0.3 is 11.1 Å². The molecule has 0 aromatic heterocycles. The molecular formula is C7H9FN2. The Labute approximate surface area is 58.9 Å². The van der Waals surface area contributed by atoms with E-state index in [1.807, 2.05) is 0 Å². The van der Waals surface area contributed by atoms with Gasteiger partial charge in [0, 0.05) is 12.7 Å². The van der Waals surface area contributed by atoms with E-state index in [-0.39, 0.29) is 5.95 Å². The van der Waals surface area contributed by atoms with Gasteiger partial charge in [-0.05, 0) is 17.7 Å². The van der Waals surface area contributed by atoms with Crippen molar-refractivity contribution in [3.05, 3.63) is 36.0 Å². The number of hydrogen-bond donors (Lipinski definition) is 2. The molecule has 1 heterocycles. The van der Waals surface area contributed by atoms with Crippen LogP contribution in [0.2, 0.25) is 0 Å². The maximum absolute atomic E-state index is 12.4. The molecule has 0 amide bonds. The lowest BCUT2D eigenvalue weighted by atomic mass is 10.2. The van der Waals surface area contributed by atoms with Gasteiger partial charge >= 0.3 is 0 Å². The highest BCUT2D eigenvalue weighted by Gasteiger charge is 1.93. The first-order valence-corrected chi connectivity index (χ1v) is 3.02. The summed E-state index contributed by atoms with van der Waals surface area (Å²) in [5.41, 5.74) is 6.22. The van der Waals surface area contributed by atoms with Crippen molar-refractivity contribution in [2.45, 2.75) is 0 Å². The summed E-state index contributed by atoms with van der Waals surface area (Å²) in [4.78, 5) is 0. The molecule has 0 saturated carbocycles. The molecular weight excluding hydrogens is 131 g/mol. The summed E-state index contributed by atoms with van der Waals surface area (Å²) in [6, 6.07) is 0. The lowest BCUT2D eigenvalue weighted by Gasteiger charge is -1.90. The third kappa shape index (κ3) is 1.70. The second kappa shape index (κ2) is 3.17. The summed E-state index contributed by atoms with van der Waals surface area (Å²) in [6.45, 7) is 0.432. The molecule has 1 rings (SSSR count). The van der Waals surface area contributed by atoms with Crippen molar-refractivity contribution in [2.24, 2.45) is 5.73 Å². The van der Waals surface area contributed by atoms with Crippen molar-refractivity contribution in [1.82, 2.24) is 5.32 Å². The van der Waals surface area contributed by atoms with Gasteiger partial charge in [0.25, 0.3) is 0 Å². The number of nitrogens with two attached hydrogens (primary N) is 1. The fourth-order valence-corrected chi connectivity index (χ4v) is 0.648. The van der Waals surface area contributed by atoms with Gasteiger partial charge in [0.2, 0.25) is 0 Å². The third-order valence-electron chi connectivity index (χ3n) is 1.20. The first-order valence-electron chi connectivity index (χ1n) is 3.02. The molecule has 0 aromatic rings. The highest BCUT2D eigenvalue weighted by atomic mass is 19.1. The molecule has 54 valence electrons. The van der Waals surface area contributed by atoms with Gasteiger partial charge in [-0.15, -0.1) is 0 Å². The van der Waals surface area contributed by atoms with Gasteiger partial charge in [0.05, 0.1) is 0 Å². The van der Waals surface area contributed by atoms with E-state index < -0.39 is 0 Å². The summed E-state index contributed by atoms with van der Waals surface area (Å²) < 4.78 is 12.4. The average Bonchev–Trinajstić information content (AvgIpc) is 2.14. The van der Waals surface area contributed by atoms with Gasteiger partial charge in [0.1, 0.15) is 0 Å². The van der Waals surface area contributed by atoms with Crippen LogP contribution in [0.3, 0.4) is 0 Å². The summed E-state index contributed by atoms with van der Waals surface area (Å²) in [6.07, 6.45) is 6.26. The van der Waals surface area contributed by atoms with Gasteiger partial charge in [-0.2, -0.15) is 4.39 Å². The Morgan fingerprint density at radius 1 is 1.50 bits per heavy atom. The second-order valence-corrected chi connectivity index (χ2v) is 1.94. The van der Waals surface area contributed by atoms with Crippen LogP contribution in [0.5, 0.6) is 0 Å². The first kappa shape index (κ1) is 7.02. The fourth-order valence-electron chi connectivity index (χ4n) is 0.648. The van der Waals surface area contributed by atoms with Crippen LogP contribution in [0.25, 0.3) is 0 Å². The van der Waals surface area contributed by atoms with Crippen LogP contribution < -0.4 is 11.1 Å². The lowest BCUT2D eigenvalue weighted by Crippen LogP contribution is -2.00. The molecule has 0 saturated heterocycles. The second-order valence-electron chi connectivity index (χ2n) is 1.94. The van der Waals surface area contributed by atoms with Crippen molar-refractivity contribution in [2.75, 3.05) is 6.54 Å². The summed E-state index contributed by atoms with van der Waals surface area (Å²) in [5.74, 6) is -0.361. The minimum absolute atomic E-state index is 0.361. The summed E-state index contributed by atoms with van der Waals surface area (Å²) in [7, 11) is 0. The minimum atomic E-state index is -0.361. The Bertz CT molecular complexity index is 204. The standard InChI is InChI=1S/C7H9FN2/c8-7-2-1-6(5-9)3-4-10-7/h1-4,10H,5,9H2. The van der Waals surface area contributed by atoms with Gasteiger partial charge in [-0.25, -0.2) is 0 Å². The summed E-state index contributed by atoms with van der Waals surface area (Å²) >= 11 is 0. The average molecular weight is 140 g/mol. The first-order chi connectivity index (χ1) is 4.83. The molecule has 0 atom stereocenters. The number of hydrogen-bond acceptors (Lipinski definition) is 2. The topological polar surface area (TPSA) is 38.0 Å². The number of allylic oxidation sites excluding steroid dienone is 2. The van der Waals surface area contributed by atoms with Crippen LogP contribution in [0.4, 0.5) is 4.39 Å². The molecule has 0 aromatic carbocycles. The Morgan fingerprint density at radius 3 is 3.00 bits per heavy atom. The zero-order valence-corrected chi connectivity index (χ0v) is 5.47. The maximum Gasteiger partial charge on any atom is 0.190 e. The molecule has 0 bridgehead atoms. The van der Waals surface area contributed by atoms with E-state index in [9.17, 15) is 4.39 Å². The predicted molar refractivity (Wildman–Crippen MR) is 38.6 cm³/mol.